The number of aldehydes is 1. The van der Waals surface area contributed by atoms with Crippen molar-refractivity contribution >= 4 is 6.29 Å². The quantitative estimate of drug-likeness (QED) is 0.776. The number of nitriles is 1. The van der Waals surface area contributed by atoms with Gasteiger partial charge in [0.25, 0.3) is 0 Å². The number of ether oxygens (including phenoxy) is 1. The van der Waals surface area contributed by atoms with Crippen molar-refractivity contribution in [1.29, 1.82) is 5.26 Å². The van der Waals surface area contributed by atoms with Crippen molar-refractivity contribution in [3.05, 3.63) is 53.5 Å². The van der Waals surface area contributed by atoms with Crippen LogP contribution in [-0.4, -0.2) is 11.3 Å². The number of nitrogens with zero attached hydrogens (tertiary/aromatic N) is 2. The van der Waals surface area contributed by atoms with Crippen LogP contribution in [0.3, 0.4) is 0 Å². The first kappa shape index (κ1) is 11.7. The fourth-order valence-electron chi connectivity index (χ4n) is 1.34. The van der Waals surface area contributed by atoms with Crippen LogP contribution in [0.15, 0.2) is 36.5 Å². The van der Waals surface area contributed by atoms with E-state index in [-0.39, 0.29) is 22.8 Å². The van der Waals surface area contributed by atoms with Gasteiger partial charge in [0.05, 0.1) is 11.1 Å². The molecule has 1 aromatic heterocycles. The lowest BCUT2D eigenvalue weighted by atomic mass is 10.2. The standard InChI is InChI=1S/C13H7FN2O2/c14-12-6-11(4-3-9(12)7-15)18-13-10(8-17)2-1-5-16-13/h1-6,8H. The lowest BCUT2D eigenvalue weighted by Gasteiger charge is -2.06. The van der Waals surface area contributed by atoms with Gasteiger partial charge in [-0.3, -0.25) is 4.79 Å². The molecule has 0 fully saturated rings. The maximum atomic E-state index is 13.3. The predicted octanol–water partition coefficient (Wildman–Crippen LogP) is 2.70. The van der Waals surface area contributed by atoms with E-state index in [1.54, 1.807) is 12.1 Å². The minimum Gasteiger partial charge on any atom is -0.438 e. The number of carbonyl (C=O) groups excluding carboxylic acids is 1. The first-order valence-electron chi connectivity index (χ1n) is 5.02. The van der Waals surface area contributed by atoms with Crippen molar-refractivity contribution in [2.75, 3.05) is 0 Å². The third kappa shape index (κ3) is 2.33. The molecule has 5 heteroatoms. The Hall–Kier alpha value is -2.74. The van der Waals surface area contributed by atoms with Gasteiger partial charge in [-0.05, 0) is 24.3 Å². The molecule has 0 atom stereocenters. The lowest BCUT2D eigenvalue weighted by molar-refractivity contribution is 0.112. The second kappa shape index (κ2) is 5.06. The van der Waals surface area contributed by atoms with Gasteiger partial charge in [-0.15, -0.1) is 0 Å². The summed E-state index contributed by atoms with van der Waals surface area (Å²) in [6.45, 7) is 0. The molecule has 0 aliphatic rings. The van der Waals surface area contributed by atoms with Gasteiger partial charge in [0.2, 0.25) is 5.88 Å². The molecule has 88 valence electrons. The predicted molar refractivity (Wildman–Crippen MR) is 60.8 cm³/mol. The molecule has 0 aliphatic heterocycles. The number of hydrogen-bond donors (Lipinski definition) is 0. The molecule has 18 heavy (non-hydrogen) atoms. The van der Waals surface area contributed by atoms with Crippen LogP contribution in [-0.2, 0) is 0 Å². The van der Waals surface area contributed by atoms with Crippen molar-refractivity contribution in [1.82, 2.24) is 4.98 Å². The summed E-state index contributed by atoms with van der Waals surface area (Å²) in [6, 6.07) is 8.64. The molecule has 0 unspecified atom stereocenters. The number of carbonyl (C=O) groups is 1. The average molecular weight is 242 g/mol. The monoisotopic (exact) mass is 242 g/mol. The molecule has 1 heterocycles. The molecular weight excluding hydrogens is 235 g/mol. The molecule has 4 nitrogen and oxygen atoms in total. The lowest BCUT2D eigenvalue weighted by Crippen LogP contribution is -1.94. The zero-order valence-electron chi connectivity index (χ0n) is 9.13. The van der Waals surface area contributed by atoms with E-state index in [0.717, 1.165) is 6.07 Å². The second-order valence-corrected chi connectivity index (χ2v) is 3.37. The fourth-order valence-corrected chi connectivity index (χ4v) is 1.34. The summed E-state index contributed by atoms with van der Waals surface area (Å²) in [4.78, 5) is 14.6. The highest BCUT2D eigenvalue weighted by atomic mass is 19.1. The summed E-state index contributed by atoms with van der Waals surface area (Å²) >= 11 is 0. The molecule has 0 bridgehead atoms. The number of rotatable bonds is 3. The number of halogens is 1. The van der Waals surface area contributed by atoms with Crippen molar-refractivity contribution in [2.45, 2.75) is 0 Å². The van der Waals surface area contributed by atoms with Gasteiger partial charge >= 0.3 is 0 Å². The Labute approximate surface area is 102 Å². The van der Waals surface area contributed by atoms with Crippen LogP contribution in [0, 0.1) is 17.1 Å². The SMILES string of the molecule is N#Cc1ccc(Oc2ncccc2C=O)cc1F. The Morgan fingerprint density at radius 1 is 1.39 bits per heavy atom. The maximum absolute atomic E-state index is 13.3. The van der Waals surface area contributed by atoms with E-state index in [2.05, 4.69) is 4.98 Å². The zero-order valence-corrected chi connectivity index (χ0v) is 9.13. The maximum Gasteiger partial charge on any atom is 0.229 e. The first-order valence-corrected chi connectivity index (χ1v) is 5.02. The van der Waals surface area contributed by atoms with E-state index in [1.807, 2.05) is 0 Å². The van der Waals surface area contributed by atoms with Gasteiger partial charge in [-0.25, -0.2) is 9.37 Å². The van der Waals surface area contributed by atoms with Crippen LogP contribution in [0.5, 0.6) is 11.6 Å². The Balaban J connectivity index is 2.32. The van der Waals surface area contributed by atoms with Gasteiger partial charge in [-0.1, -0.05) is 0 Å². The molecule has 0 N–H and O–H groups in total. The summed E-state index contributed by atoms with van der Waals surface area (Å²) in [7, 11) is 0. The van der Waals surface area contributed by atoms with E-state index >= 15 is 0 Å². The molecule has 0 saturated carbocycles. The molecule has 0 amide bonds. The Bertz CT molecular complexity index is 635. The highest BCUT2D eigenvalue weighted by molar-refractivity contribution is 5.78. The summed E-state index contributed by atoms with van der Waals surface area (Å²) < 4.78 is 18.6. The molecule has 0 spiro atoms. The Morgan fingerprint density at radius 2 is 2.22 bits per heavy atom. The normalized spacial score (nSPS) is 9.56. The summed E-state index contributed by atoms with van der Waals surface area (Å²) in [6.07, 6.45) is 2.06. The number of benzene rings is 1. The first-order chi connectivity index (χ1) is 8.74. The van der Waals surface area contributed by atoms with Gasteiger partial charge in [-0.2, -0.15) is 5.26 Å². The van der Waals surface area contributed by atoms with Crippen molar-refractivity contribution < 1.29 is 13.9 Å². The van der Waals surface area contributed by atoms with E-state index in [4.69, 9.17) is 10.00 Å². The van der Waals surface area contributed by atoms with Gasteiger partial charge in [0.15, 0.2) is 6.29 Å². The minimum absolute atomic E-state index is 0.0704. The minimum atomic E-state index is -0.682. The molecule has 0 aliphatic carbocycles. The van der Waals surface area contributed by atoms with E-state index in [0.29, 0.717) is 6.29 Å². The molecule has 0 saturated heterocycles. The second-order valence-electron chi connectivity index (χ2n) is 3.37. The molecular formula is C13H7FN2O2. The van der Waals surface area contributed by atoms with Crippen molar-refractivity contribution in [3.8, 4) is 17.7 Å². The van der Waals surface area contributed by atoms with Gasteiger partial charge in [0.1, 0.15) is 17.6 Å². The molecule has 2 aromatic rings. The van der Waals surface area contributed by atoms with Crippen LogP contribution in [0.2, 0.25) is 0 Å². The van der Waals surface area contributed by atoms with Crippen molar-refractivity contribution in [2.24, 2.45) is 0 Å². The smallest absolute Gasteiger partial charge is 0.229 e. The Kier molecular flexibility index (Phi) is 3.30. The van der Waals surface area contributed by atoms with Gasteiger partial charge < -0.3 is 4.74 Å². The summed E-state index contributed by atoms with van der Waals surface area (Å²) in [5, 5.41) is 8.59. The van der Waals surface area contributed by atoms with Crippen molar-refractivity contribution in [3.63, 3.8) is 0 Å². The van der Waals surface area contributed by atoms with Crippen LogP contribution in [0.4, 0.5) is 4.39 Å². The number of aromatic nitrogens is 1. The average Bonchev–Trinajstić information content (AvgIpc) is 2.39. The third-order valence-electron chi connectivity index (χ3n) is 2.20. The Morgan fingerprint density at radius 3 is 2.89 bits per heavy atom. The van der Waals surface area contributed by atoms with Crippen LogP contribution in [0.1, 0.15) is 15.9 Å². The van der Waals surface area contributed by atoms with E-state index in [1.165, 1.54) is 24.4 Å². The molecule has 1 aromatic carbocycles. The van der Waals surface area contributed by atoms with Crippen LogP contribution < -0.4 is 4.74 Å². The molecule has 2 rings (SSSR count). The van der Waals surface area contributed by atoms with E-state index in [9.17, 15) is 9.18 Å². The third-order valence-corrected chi connectivity index (χ3v) is 2.20. The number of pyridine rings is 1. The fraction of sp³-hybridized carbons (Fsp3) is 0. The largest absolute Gasteiger partial charge is 0.438 e. The van der Waals surface area contributed by atoms with Crippen LogP contribution >= 0.6 is 0 Å². The topological polar surface area (TPSA) is 63.0 Å². The molecule has 0 radical (unpaired) electrons. The summed E-state index contributed by atoms with van der Waals surface area (Å²) in [5.41, 5.74) is 0.196. The number of hydrogen-bond acceptors (Lipinski definition) is 4. The zero-order chi connectivity index (χ0) is 13.0. The van der Waals surface area contributed by atoms with Gasteiger partial charge in [0, 0.05) is 12.3 Å². The highest BCUT2D eigenvalue weighted by Gasteiger charge is 2.07. The van der Waals surface area contributed by atoms with E-state index < -0.39 is 5.82 Å². The summed E-state index contributed by atoms with van der Waals surface area (Å²) in [5.74, 6) is -0.413. The van der Waals surface area contributed by atoms with Crippen LogP contribution in [0.25, 0.3) is 0 Å². The highest BCUT2D eigenvalue weighted by Crippen LogP contribution is 2.23.